The lowest BCUT2D eigenvalue weighted by molar-refractivity contribution is -0.160. The molecular weight excluding hydrogens is 659 g/mol. The van der Waals surface area contributed by atoms with Gasteiger partial charge in [0.1, 0.15) is 11.4 Å². The number of rotatable bonds is 12. The molecule has 1 fully saturated rings. The summed E-state index contributed by atoms with van der Waals surface area (Å²) < 4.78 is 39.8. The van der Waals surface area contributed by atoms with Crippen molar-refractivity contribution in [3.05, 3.63) is 179 Å². The summed E-state index contributed by atoms with van der Waals surface area (Å²) in [6.07, 6.45) is -4.23. The van der Waals surface area contributed by atoms with Gasteiger partial charge >= 0.3 is 6.18 Å². The van der Waals surface area contributed by atoms with Crippen molar-refractivity contribution in [1.29, 1.82) is 0 Å². The van der Waals surface area contributed by atoms with Gasteiger partial charge in [0.15, 0.2) is 0 Å². The minimum Gasteiger partial charge on any atom is -0.324 e. The fraction of sp³-hybridized carbons (Fsp3) is 0.220. The number of carbonyl (C=O) groups excluding carboxylic acids is 2. The molecule has 50 heavy (non-hydrogen) atoms. The fourth-order valence-corrected chi connectivity index (χ4v) is 6.91. The molecule has 0 unspecified atom stereocenters. The second-order valence-electron chi connectivity index (χ2n) is 12.4. The highest BCUT2D eigenvalue weighted by atomic mass is 35.5. The molecule has 1 heterocycles. The number of nitrogens with one attached hydrogen (secondary N) is 1. The molecule has 0 spiro atoms. The summed E-state index contributed by atoms with van der Waals surface area (Å²) in [7, 11) is 0. The summed E-state index contributed by atoms with van der Waals surface area (Å²) >= 11 is 6.22. The third kappa shape index (κ3) is 7.32. The first-order valence-corrected chi connectivity index (χ1v) is 17.0. The maximum absolute atomic E-state index is 15.8. The van der Waals surface area contributed by atoms with Gasteiger partial charge in [-0.3, -0.25) is 9.59 Å². The van der Waals surface area contributed by atoms with Gasteiger partial charge in [-0.2, -0.15) is 13.2 Å². The summed E-state index contributed by atoms with van der Waals surface area (Å²) in [6, 6.07) is 43.1. The quantitative estimate of drug-likeness (QED) is 0.134. The van der Waals surface area contributed by atoms with E-state index in [4.69, 9.17) is 11.6 Å². The molecule has 1 aliphatic rings. The van der Waals surface area contributed by atoms with Crippen molar-refractivity contribution in [1.82, 2.24) is 15.1 Å². The molecule has 2 amide bonds. The molecule has 0 saturated carbocycles. The molecule has 0 bridgehead atoms. The van der Waals surface area contributed by atoms with Crippen LogP contribution in [0.15, 0.2) is 146 Å². The van der Waals surface area contributed by atoms with Crippen LogP contribution in [0.2, 0.25) is 0 Å². The fourth-order valence-electron chi connectivity index (χ4n) is 6.76. The lowest BCUT2D eigenvalue weighted by Gasteiger charge is -2.53. The maximum atomic E-state index is 15.8. The number of amides is 2. The molecule has 5 aromatic rings. The largest absolute Gasteiger partial charge is 0.416 e. The standard InChI is InChI=1S/C41H37ClF3N3O2/c42-27-36(49)47(26-25-30-21-23-35(24-22-30)41(43,44)45)40(28-46-29-40)39(50)48(37(31-13-5-1-6-14-31)32-15-7-2-8-16-32)38(33-17-9-3-10-18-33)34-19-11-4-12-20-34/h1-24,37-38,46H,25-29H2. The Bertz CT molecular complexity index is 1690. The number of halogens is 4. The van der Waals surface area contributed by atoms with Gasteiger partial charge in [-0.1, -0.05) is 133 Å². The van der Waals surface area contributed by atoms with E-state index in [2.05, 4.69) is 5.32 Å². The highest BCUT2D eigenvalue weighted by Crippen LogP contribution is 2.42. The molecule has 1 saturated heterocycles. The smallest absolute Gasteiger partial charge is 0.324 e. The Morgan fingerprint density at radius 3 is 1.38 bits per heavy atom. The third-order valence-electron chi connectivity index (χ3n) is 9.32. The zero-order valence-electron chi connectivity index (χ0n) is 27.3. The van der Waals surface area contributed by atoms with E-state index in [1.54, 1.807) is 0 Å². The van der Waals surface area contributed by atoms with E-state index >= 15 is 4.79 Å². The Kier molecular flexibility index (Phi) is 10.7. The van der Waals surface area contributed by atoms with Gasteiger partial charge in [-0.25, -0.2) is 0 Å². The molecule has 5 aromatic carbocycles. The average Bonchev–Trinajstić information content (AvgIpc) is 3.13. The highest BCUT2D eigenvalue weighted by molar-refractivity contribution is 6.27. The van der Waals surface area contributed by atoms with Gasteiger partial charge in [0.25, 0.3) is 5.91 Å². The second kappa shape index (κ2) is 15.3. The molecule has 0 radical (unpaired) electrons. The van der Waals surface area contributed by atoms with Gasteiger partial charge in [-0.05, 0) is 46.4 Å². The molecular formula is C41H37ClF3N3O2. The Hall–Kier alpha value is -4.92. The summed E-state index contributed by atoms with van der Waals surface area (Å²) in [4.78, 5) is 33.0. The lowest BCUT2D eigenvalue weighted by atomic mass is 9.83. The Morgan fingerprint density at radius 2 is 1.06 bits per heavy atom. The maximum Gasteiger partial charge on any atom is 0.416 e. The van der Waals surface area contributed by atoms with Gasteiger partial charge in [0, 0.05) is 19.6 Å². The van der Waals surface area contributed by atoms with E-state index in [1.165, 1.54) is 17.0 Å². The van der Waals surface area contributed by atoms with Crippen molar-refractivity contribution >= 4 is 23.4 Å². The van der Waals surface area contributed by atoms with E-state index in [0.29, 0.717) is 5.56 Å². The molecule has 1 aliphatic heterocycles. The third-order valence-corrected chi connectivity index (χ3v) is 9.55. The number of alkyl halides is 4. The van der Waals surface area contributed by atoms with Crippen molar-refractivity contribution in [3.63, 3.8) is 0 Å². The molecule has 256 valence electrons. The van der Waals surface area contributed by atoms with Crippen LogP contribution in [0.3, 0.4) is 0 Å². The Balaban J connectivity index is 1.50. The van der Waals surface area contributed by atoms with E-state index in [-0.39, 0.29) is 37.8 Å². The number of hydrogen-bond acceptors (Lipinski definition) is 3. The minimum absolute atomic E-state index is 0.0842. The van der Waals surface area contributed by atoms with Gasteiger partial charge < -0.3 is 15.1 Å². The normalized spacial score (nSPS) is 13.9. The van der Waals surface area contributed by atoms with Crippen molar-refractivity contribution in [2.75, 3.05) is 25.5 Å². The first kappa shape index (κ1) is 34.9. The average molecular weight is 696 g/mol. The summed E-state index contributed by atoms with van der Waals surface area (Å²) in [5.41, 5.74) is 2.12. The van der Waals surface area contributed by atoms with Crippen molar-refractivity contribution < 1.29 is 22.8 Å². The molecule has 5 nitrogen and oxygen atoms in total. The SMILES string of the molecule is O=C(CCl)N(CCc1ccc(C(F)(F)F)cc1)C1(C(=O)N(C(c2ccccc2)c2ccccc2)C(c2ccccc2)c2ccccc2)CNC1. The van der Waals surface area contributed by atoms with Gasteiger partial charge in [0.05, 0.1) is 17.6 Å². The molecule has 9 heteroatoms. The van der Waals surface area contributed by atoms with Crippen molar-refractivity contribution in [2.45, 2.75) is 30.2 Å². The predicted molar refractivity (Wildman–Crippen MR) is 189 cm³/mol. The monoisotopic (exact) mass is 695 g/mol. The van der Waals surface area contributed by atoms with Crippen LogP contribution >= 0.6 is 11.6 Å². The Morgan fingerprint density at radius 1 is 0.660 bits per heavy atom. The van der Waals surface area contributed by atoms with Crippen molar-refractivity contribution in [3.8, 4) is 0 Å². The first-order chi connectivity index (χ1) is 24.2. The Labute approximate surface area is 295 Å². The van der Waals surface area contributed by atoms with Crippen LogP contribution in [0.4, 0.5) is 13.2 Å². The molecule has 0 atom stereocenters. The summed E-state index contributed by atoms with van der Waals surface area (Å²) in [6.45, 7) is 0.454. The van der Waals surface area contributed by atoms with Crippen LogP contribution in [0, 0.1) is 0 Å². The number of carbonyl (C=O) groups is 2. The molecule has 0 aliphatic carbocycles. The van der Waals surface area contributed by atoms with Crippen LogP contribution in [-0.4, -0.2) is 52.7 Å². The predicted octanol–water partition coefficient (Wildman–Crippen LogP) is 8.07. The lowest BCUT2D eigenvalue weighted by Crippen LogP contribution is -2.77. The van der Waals surface area contributed by atoms with Crippen LogP contribution in [0.25, 0.3) is 0 Å². The van der Waals surface area contributed by atoms with E-state index < -0.39 is 35.3 Å². The van der Waals surface area contributed by atoms with Crippen LogP contribution in [0.1, 0.15) is 45.5 Å². The van der Waals surface area contributed by atoms with E-state index in [0.717, 1.165) is 34.4 Å². The zero-order chi connectivity index (χ0) is 35.1. The van der Waals surface area contributed by atoms with E-state index in [1.807, 2.05) is 126 Å². The van der Waals surface area contributed by atoms with E-state index in [9.17, 15) is 18.0 Å². The first-order valence-electron chi connectivity index (χ1n) is 16.5. The summed E-state index contributed by atoms with van der Waals surface area (Å²) in [5.74, 6) is -1.05. The van der Waals surface area contributed by atoms with Gasteiger partial charge in [0.2, 0.25) is 5.91 Å². The molecule has 1 N–H and O–H groups in total. The molecule has 6 rings (SSSR count). The summed E-state index contributed by atoms with van der Waals surface area (Å²) in [5, 5.41) is 3.25. The number of nitrogens with zero attached hydrogens (tertiary/aromatic N) is 2. The zero-order valence-corrected chi connectivity index (χ0v) is 28.0. The van der Waals surface area contributed by atoms with Crippen LogP contribution < -0.4 is 5.32 Å². The number of benzene rings is 5. The number of hydrogen-bond donors (Lipinski definition) is 1. The highest BCUT2D eigenvalue weighted by Gasteiger charge is 2.55. The minimum atomic E-state index is -4.46. The van der Waals surface area contributed by atoms with Gasteiger partial charge in [-0.15, -0.1) is 11.6 Å². The molecule has 0 aromatic heterocycles. The topological polar surface area (TPSA) is 52.7 Å². The van der Waals surface area contributed by atoms with Crippen LogP contribution in [0.5, 0.6) is 0 Å². The van der Waals surface area contributed by atoms with Crippen LogP contribution in [-0.2, 0) is 22.2 Å². The van der Waals surface area contributed by atoms with Crippen molar-refractivity contribution in [2.24, 2.45) is 0 Å². The second-order valence-corrected chi connectivity index (χ2v) is 12.7.